The Morgan fingerprint density at radius 3 is 2.07 bits per heavy atom. The number of halogens is 1. The van der Waals surface area contributed by atoms with Crippen molar-refractivity contribution in [3.05, 3.63) is 77.3 Å². The topological polar surface area (TPSA) is 93.2 Å². The molecule has 9 heteroatoms. The number of ether oxygens (including phenoxy) is 1. The van der Waals surface area contributed by atoms with E-state index in [-0.39, 0.29) is 16.5 Å². The molecule has 4 aromatic rings. The van der Waals surface area contributed by atoms with E-state index in [1.165, 1.54) is 19.2 Å². The van der Waals surface area contributed by atoms with Crippen molar-refractivity contribution < 1.29 is 13.2 Å². The number of nitrogens with zero attached hydrogens (tertiary/aromatic N) is 2. The second-order valence-corrected chi connectivity index (χ2v) is 8.83. The summed E-state index contributed by atoms with van der Waals surface area (Å²) in [6.07, 6.45) is 0. The molecule has 152 valence electrons. The Hall–Kier alpha value is -3.17. The van der Waals surface area contributed by atoms with Gasteiger partial charge in [-0.15, -0.1) is 0 Å². The lowest BCUT2D eigenvalue weighted by molar-refractivity contribution is 0.414. The van der Waals surface area contributed by atoms with Crippen molar-refractivity contribution in [3.63, 3.8) is 0 Å². The highest BCUT2D eigenvalue weighted by molar-refractivity contribution is 9.10. The summed E-state index contributed by atoms with van der Waals surface area (Å²) in [5.41, 5.74) is 1.94. The number of nitrogens with one attached hydrogen (secondary N) is 2. The molecule has 30 heavy (non-hydrogen) atoms. The van der Waals surface area contributed by atoms with Crippen molar-refractivity contribution in [3.8, 4) is 5.75 Å². The van der Waals surface area contributed by atoms with Crippen LogP contribution in [0.5, 0.6) is 5.75 Å². The van der Waals surface area contributed by atoms with Crippen LogP contribution in [0.4, 0.5) is 17.3 Å². The molecule has 0 atom stereocenters. The smallest absolute Gasteiger partial charge is 0.263 e. The van der Waals surface area contributed by atoms with Gasteiger partial charge in [0.05, 0.1) is 28.7 Å². The molecule has 0 aliphatic carbocycles. The van der Waals surface area contributed by atoms with Crippen LogP contribution in [-0.4, -0.2) is 25.5 Å². The van der Waals surface area contributed by atoms with Crippen molar-refractivity contribution in [2.45, 2.75) is 4.90 Å². The third-order valence-electron chi connectivity index (χ3n) is 4.30. The molecule has 0 aliphatic heterocycles. The summed E-state index contributed by atoms with van der Waals surface area (Å²) >= 11 is 3.48. The van der Waals surface area contributed by atoms with Gasteiger partial charge in [-0.05, 0) is 64.5 Å². The zero-order chi connectivity index (χ0) is 21.1. The average Bonchev–Trinajstić information content (AvgIpc) is 2.75. The van der Waals surface area contributed by atoms with Crippen LogP contribution >= 0.6 is 15.9 Å². The highest BCUT2D eigenvalue weighted by Crippen LogP contribution is 2.30. The monoisotopic (exact) mass is 484 g/mol. The third kappa shape index (κ3) is 4.22. The van der Waals surface area contributed by atoms with Crippen LogP contribution in [-0.2, 0) is 10.0 Å². The second kappa shape index (κ2) is 8.29. The Labute approximate surface area is 182 Å². The minimum Gasteiger partial charge on any atom is -0.497 e. The predicted molar refractivity (Wildman–Crippen MR) is 121 cm³/mol. The van der Waals surface area contributed by atoms with Gasteiger partial charge < -0.3 is 10.1 Å². The molecule has 4 rings (SSSR count). The van der Waals surface area contributed by atoms with E-state index in [1.807, 2.05) is 42.5 Å². The molecule has 7 nitrogen and oxygen atoms in total. The molecule has 0 amide bonds. The lowest BCUT2D eigenvalue weighted by atomic mass is 10.3. The molecule has 0 fully saturated rings. The first kappa shape index (κ1) is 20.1. The number of anilines is 3. The van der Waals surface area contributed by atoms with Crippen molar-refractivity contribution in [1.29, 1.82) is 0 Å². The maximum Gasteiger partial charge on any atom is 0.263 e. The molecule has 0 spiro atoms. The van der Waals surface area contributed by atoms with Crippen LogP contribution in [0, 0.1) is 0 Å². The SMILES string of the molecule is COc1ccc(S(=O)(=O)Nc2nc3ccccc3nc2Nc2ccccc2Br)cc1. The second-order valence-electron chi connectivity index (χ2n) is 6.30. The van der Waals surface area contributed by atoms with Gasteiger partial charge in [0.1, 0.15) is 5.75 Å². The number of aromatic nitrogens is 2. The quantitative estimate of drug-likeness (QED) is 0.402. The fraction of sp³-hybridized carbons (Fsp3) is 0.0476. The van der Waals surface area contributed by atoms with E-state index in [0.29, 0.717) is 16.8 Å². The first-order valence-corrected chi connectivity index (χ1v) is 11.2. The first-order chi connectivity index (χ1) is 14.5. The number of methoxy groups -OCH3 is 1. The fourth-order valence-electron chi connectivity index (χ4n) is 2.79. The molecule has 3 aromatic carbocycles. The van der Waals surface area contributed by atoms with E-state index >= 15 is 0 Å². The van der Waals surface area contributed by atoms with Crippen LogP contribution in [0.15, 0.2) is 82.2 Å². The maximum absolute atomic E-state index is 13.0. The van der Waals surface area contributed by atoms with Crippen LogP contribution in [0.1, 0.15) is 0 Å². The van der Waals surface area contributed by atoms with Gasteiger partial charge in [0.25, 0.3) is 10.0 Å². The van der Waals surface area contributed by atoms with Gasteiger partial charge in [-0.25, -0.2) is 18.4 Å². The van der Waals surface area contributed by atoms with Crippen LogP contribution in [0.25, 0.3) is 11.0 Å². The molecule has 1 heterocycles. The highest BCUT2D eigenvalue weighted by atomic mass is 79.9. The number of benzene rings is 3. The van der Waals surface area contributed by atoms with Crippen LogP contribution in [0.2, 0.25) is 0 Å². The molecule has 0 saturated carbocycles. The lowest BCUT2D eigenvalue weighted by Crippen LogP contribution is -2.16. The molecule has 0 radical (unpaired) electrons. The molecule has 0 unspecified atom stereocenters. The zero-order valence-corrected chi connectivity index (χ0v) is 18.2. The summed E-state index contributed by atoms with van der Waals surface area (Å²) in [5.74, 6) is 0.952. The number of rotatable bonds is 6. The minimum absolute atomic E-state index is 0.0881. The third-order valence-corrected chi connectivity index (χ3v) is 6.34. The Morgan fingerprint density at radius 2 is 1.43 bits per heavy atom. The van der Waals surface area contributed by atoms with E-state index in [4.69, 9.17) is 4.74 Å². The van der Waals surface area contributed by atoms with Crippen LogP contribution in [0.3, 0.4) is 0 Å². The number of sulfonamides is 1. The van der Waals surface area contributed by atoms with Crippen molar-refractivity contribution in [2.75, 3.05) is 17.1 Å². The van der Waals surface area contributed by atoms with E-state index in [2.05, 4.69) is 35.9 Å². The number of hydrogen-bond donors (Lipinski definition) is 2. The summed E-state index contributed by atoms with van der Waals surface area (Å²) in [6.45, 7) is 0. The Balaban J connectivity index is 1.77. The van der Waals surface area contributed by atoms with Gasteiger partial charge in [-0.2, -0.15) is 0 Å². The van der Waals surface area contributed by atoms with Gasteiger partial charge in [0, 0.05) is 4.47 Å². The maximum atomic E-state index is 13.0. The average molecular weight is 485 g/mol. The molecular formula is C21H17BrN4O3S. The normalized spacial score (nSPS) is 11.3. The van der Waals surface area contributed by atoms with Crippen LogP contribution < -0.4 is 14.8 Å². The fourth-order valence-corrected chi connectivity index (χ4v) is 4.18. The summed E-state index contributed by atoms with van der Waals surface area (Å²) in [4.78, 5) is 9.15. The largest absolute Gasteiger partial charge is 0.497 e. The zero-order valence-electron chi connectivity index (χ0n) is 15.8. The molecule has 0 aliphatic rings. The molecule has 1 aromatic heterocycles. The van der Waals surface area contributed by atoms with Gasteiger partial charge in [0.2, 0.25) is 0 Å². The van der Waals surface area contributed by atoms with E-state index < -0.39 is 10.0 Å². The van der Waals surface area contributed by atoms with Gasteiger partial charge >= 0.3 is 0 Å². The highest BCUT2D eigenvalue weighted by Gasteiger charge is 2.19. The number of fused-ring (bicyclic) bond motifs is 1. The van der Waals surface area contributed by atoms with E-state index in [9.17, 15) is 8.42 Å². The van der Waals surface area contributed by atoms with E-state index in [0.717, 1.165) is 10.2 Å². The van der Waals surface area contributed by atoms with Crippen molar-refractivity contribution in [2.24, 2.45) is 0 Å². The van der Waals surface area contributed by atoms with E-state index in [1.54, 1.807) is 18.2 Å². The van der Waals surface area contributed by atoms with Gasteiger partial charge in [-0.1, -0.05) is 24.3 Å². The first-order valence-electron chi connectivity index (χ1n) is 8.91. The minimum atomic E-state index is -3.89. The molecule has 2 N–H and O–H groups in total. The lowest BCUT2D eigenvalue weighted by Gasteiger charge is -2.14. The summed E-state index contributed by atoms with van der Waals surface area (Å²) < 4.78 is 34.4. The Kier molecular flexibility index (Phi) is 5.56. The number of para-hydroxylation sites is 3. The van der Waals surface area contributed by atoms with Gasteiger partial charge in [0.15, 0.2) is 11.6 Å². The van der Waals surface area contributed by atoms with Gasteiger partial charge in [-0.3, -0.25) is 4.72 Å². The van der Waals surface area contributed by atoms with Crippen molar-refractivity contribution in [1.82, 2.24) is 9.97 Å². The summed E-state index contributed by atoms with van der Waals surface area (Å²) in [6, 6.07) is 20.8. The van der Waals surface area contributed by atoms with Crippen molar-refractivity contribution >= 4 is 54.3 Å². The Morgan fingerprint density at radius 1 is 0.833 bits per heavy atom. The molecule has 0 bridgehead atoms. The Bertz CT molecular complexity index is 1310. The summed E-state index contributed by atoms with van der Waals surface area (Å²) in [5, 5.41) is 3.16. The number of hydrogen-bond acceptors (Lipinski definition) is 6. The predicted octanol–water partition coefficient (Wildman–Crippen LogP) is 4.95. The molecule has 0 saturated heterocycles. The summed E-state index contributed by atoms with van der Waals surface area (Å²) in [7, 11) is -2.37. The molecular weight excluding hydrogens is 468 g/mol. The standard InChI is InChI=1S/C21H17BrN4O3S/c1-29-14-10-12-15(13-11-14)30(27,28)26-21-20(23-17-7-3-2-6-16(17)22)24-18-8-4-5-9-19(18)25-21/h2-13H,1H3,(H,23,24)(H,25,26).